The second kappa shape index (κ2) is 7.44. The van der Waals surface area contributed by atoms with Crippen LogP contribution in [0.4, 0.5) is 4.39 Å². The van der Waals surface area contributed by atoms with Crippen LogP contribution in [0.2, 0.25) is 0 Å². The molecule has 1 aromatic rings. The predicted octanol–water partition coefficient (Wildman–Crippen LogP) is -6.43. The summed E-state index contributed by atoms with van der Waals surface area (Å²) in [6.07, 6.45) is 2.74. The first kappa shape index (κ1) is 16.7. The molecular weight excluding hydrogens is 286 g/mol. The highest BCUT2D eigenvalue weighted by molar-refractivity contribution is 5.15. The molecule has 5 heteroatoms. The topological polar surface area (TPSA) is 21.1 Å². The van der Waals surface area contributed by atoms with Gasteiger partial charge in [-0.2, -0.15) is 0 Å². The van der Waals surface area contributed by atoms with E-state index in [1.807, 2.05) is 12.1 Å². The van der Waals surface area contributed by atoms with Gasteiger partial charge in [0.25, 0.3) is 0 Å². The van der Waals surface area contributed by atoms with Crippen molar-refractivity contribution in [3.05, 3.63) is 35.6 Å². The van der Waals surface area contributed by atoms with Gasteiger partial charge in [0, 0.05) is 24.3 Å². The van der Waals surface area contributed by atoms with E-state index in [1.54, 1.807) is 17.0 Å². The van der Waals surface area contributed by atoms with E-state index in [0.29, 0.717) is 6.04 Å². The monoisotopic (exact) mass is 306 g/mol. The number of fused-ring (bicyclic) bond motifs is 3. The van der Waals surface area contributed by atoms with Crippen LogP contribution < -0.4 is 35.0 Å². The average Bonchev–Trinajstić information content (AvgIpc) is 2.39. The van der Waals surface area contributed by atoms with E-state index in [4.69, 9.17) is 0 Å². The van der Waals surface area contributed by atoms with Crippen LogP contribution >= 0.6 is 0 Å². The maximum absolute atomic E-state index is 13.5. The van der Waals surface area contributed by atoms with Gasteiger partial charge in [-0.3, -0.25) is 0 Å². The van der Waals surface area contributed by atoms with Crippen molar-refractivity contribution in [2.24, 2.45) is 5.92 Å². The van der Waals surface area contributed by atoms with Crippen LogP contribution in [0.3, 0.4) is 0 Å². The van der Waals surface area contributed by atoms with Gasteiger partial charge in [-0.1, -0.05) is 18.2 Å². The van der Waals surface area contributed by atoms with Gasteiger partial charge in [-0.05, 0) is 6.07 Å². The normalized spacial score (nSPS) is 28.4. The van der Waals surface area contributed by atoms with Crippen LogP contribution in [-0.2, 0) is 6.54 Å². The minimum atomic E-state index is -0.0580. The lowest BCUT2D eigenvalue weighted by molar-refractivity contribution is -0.943. The Morgan fingerprint density at radius 3 is 2.42 bits per heavy atom. The van der Waals surface area contributed by atoms with Crippen LogP contribution in [-0.4, -0.2) is 25.7 Å². The zero-order valence-electron chi connectivity index (χ0n) is 10.9. The van der Waals surface area contributed by atoms with Crippen molar-refractivity contribution in [1.29, 1.82) is 0 Å². The second-order valence-corrected chi connectivity index (χ2v) is 5.49. The van der Waals surface area contributed by atoms with Crippen LogP contribution in [0.15, 0.2) is 24.3 Å². The van der Waals surface area contributed by atoms with Crippen molar-refractivity contribution in [3.63, 3.8) is 0 Å². The van der Waals surface area contributed by atoms with Crippen molar-refractivity contribution in [3.8, 4) is 0 Å². The van der Waals surface area contributed by atoms with Crippen molar-refractivity contribution in [2.75, 3.05) is 19.6 Å². The summed E-state index contributed by atoms with van der Waals surface area (Å²) in [5.74, 6) is 0.816. The first-order valence-electron chi connectivity index (χ1n) is 6.73. The van der Waals surface area contributed by atoms with Gasteiger partial charge in [-0.15, -0.1) is 0 Å². The second-order valence-electron chi connectivity index (χ2n) is 5.49. The summed E-state index contributed by atoms with van der Waals surface area (Å²) in [5.41, 5.74) is 0.846. The lowest BCUT2D eigenvalue weighted by Gasteiger charge is -2.40. The molecule has 2 nitrogen and oxygen atoms in total. The van der Waals surface area contributed by atoms with Gasteiger partial charge in [0.15, 0.2) is 0 Å². The van der Waals surface area contributed by atoms with Gasteiger partial charge in [0.2, 0.25) is 0 Å². The third-order valence-corrected chi connectivity index (χ3v) is 4.47. The van der Waals surface area contributed by atoms with Gasteiger partial charge >= 0.3 is 0 Å². The molecular formula is C14H21Cl2FN2. The number of nitrogens with two attached hydrogens (primary N) is 1. The Labute approximate surface area is 126 Å². The van der Waals surface area contributed by atoms with Gasteiger partial charge in [0.05, 0.1) is 13.1 Å². The largest absolute Gasteiger partial charge is 1.00 e. The van der Waals surface area contributed by atoms with E-state index >= 15 is 0 Å². The Hall–Kier alpha value is -0.350. The fourth-order valence-corrected chi connectivity index (χ4v) is 3.40. The van der Waals surface area contributed by atoms with E-state index in [2.05, 4.69) is 5.32 Å². The molecule has 3 saturated heterocycles. The Kier molecular flexibility index (Phi) is 6.54. The highest BCUT2D eigenvalue weighted by Gasteiger charge is 2.39. The third kappa shape index (κ3) is 3.82. The fraction of sp³-hybridized carbons (Fsp3) is 0.571. The summed E-state index contributed by atoms with van der Waals surface area (Å²) in [6.45, 7) is 4.78. The molecule has 3 aliphatic rings. The molecule has 4 rings (SSSR count). The Bertz CT molecular complexity index is 395. The first-order chi connectivity index (χ1) is 8.33. The van der Waals surface area contributed by atoms with E-state index in [-0.39, 0.29) is 30.6 Å². The standard InChI is InChI=1S/C14H19FN2.2ClH/c15-13-4-2-1-3-12(13)9-16-14-10-17-7-5-11(14)6-8-17;;/h1-4,11,14,16H,5-10H2;2*1H. The molecule has 0 aromatic heterocycles. The number of halogens is 3. The molecule has 1 aromatic carbocycles. The van der Waals surface area contributed by atoms with E-state index in [1.165, 1.54) is 32.5 Å². The smallest absolute Gasteiger partial charge is 0.139 e. The summed E-state index contributed by atoms with van der Waals surface area (Å²) in [4.78, 5) is 1.75. The number of hydrogen-bond donors (Lipinski definition) is 2. The lowest BCUT2D eigenvalue weighted by atomic mass is 9.84. The van der Waals surface area contributed by atoms with Crippen molar-refractivity contribution >= 4 is 0 Å². The van der Waals surface area contributed by atoms with Gasteiger partial charge in [-0.25, -0.2) is 4.39 Å². The molecule has 2 bridgehead atoms. The number of piperidine rings is 3. The summed E-state index contributed by atoms with van der Waals surface area (Å²) >= 11 is 0. The molecule has 108 valence electrons. The number of nitrogens with one attached hydrogen (secondary N) is 1. The number of quaternary nitrogens is 2. The van der Waals surface area contributed by atoms with Crippen molar-refractivity contribution in [1.82, 2.24) is 0 Å². The molecule has 0 spiro atoms. The zero-order valence-corrected chi connectivity index (χ0v) is 12.4. The van der Waals surface area contributed by atoms with E-state index in [0.717, 1.165) is 18.0 Å². The molecule has 0 saturated carbocycles. The summed E-state index contributed by atoms with van der Waals surface area (Å²) in [7, 11) is 0. The molecule has 0 radical (unpaired) electrons. The maximum Gasteiger partial charge on any atom is 0.139 e. The molecule has 19 heavy (non-hydrogen) atoms. The highest BCUT2D eigenvalue weighted by atomic mass is 35.5. The summed E-state index contributed by atoms with van der Waals surface area (Å²) < 4.78 is 13.5. The van der Waals surface area contributed by atoms with E-state index in [9.17, 15) is 4.39 Å². The molecule has 0 amide bonds. The zero-order chi connectivity index (χ0) is 11.7. The molecule has 3 N–H and O–H groups in total. The molecule has 1 unspecified atom stereocenters. The van der Waals surface area contributed by atoms with Crippen LogP contribution in [0, 0.1) is 11.7 Å². The Morgan fingerprint density at radius 1 is 1.16 bits per heavy atom. The molecule has 3 aliphatic heterocycles. The predicted molar refractivity (Wildman–Crippen MR) is 64.1 cm³/mol. The fourth-order valence-electron chi connectivity index (χ4n) is 3.40. The van der Waals surface area contributed by atoms with Crippen LogP contribution in [0.1, 0.15) is 18.4 Å². The minimum absolute atomic E-state index is 0. The van der Waals surface area contributed by atoms with Crippen LogP contribution in [0.25, 0.3) is 0 Å². The number of benzene rings is 1. The maximum atomic E-state index is 13.5. The van der Waals surface area contributed by atoms with Crippen molar-refractivity contribution < 1.29 is 39.4 Å². The summed E-state index contributed by atoms with van der Waals surface area (Å²) in [6, 6.07) is 7.86. The number of hydrogen-bond acceptors (Lipinski definition) is 0. The van der Waals surface area contributed by atoms with Gasteiger partial charge < -0.3 is 35.0 Å². The Morgan fingerprint density at radius 2 is 1.84 bits per heavy atom. The highest BCUT2D eigenvalue weighted by Crippen LogP contribution is 2.15. The SMILES string of the molecule is Fc1ccccc1C[NH2+]C1C[NH+]2CCC1CC2.[Cl-].[Cl-]. The average molecular weight is 307 g/mol. The van der Waals surface area contributed by atoms with Crippen LogP contribution in [0.5, 0.6) is 0 Å². The van der Waals surface area contributed by atoms with Gasteiger partial charge in [0.1, 0.15) is 24.9 Å². The quantitative estimate of drug-likeness (QED) is 0.554. The molecule has 0 aliphatic carbocycles. The van der Waals surface area contributed by atoms with Crippen molar-refractivity contribution in [2.45, 2.75) is 25.4 Å². The Balaban J connectivity index is 0.000000902. The minimum Gasteiger partial charge on any atom is -1.00 e. The first-order valence-corrected chi connectivity index (χ1v) is 6.73. The molecule has 1 atom stereocenters. The number of rotatable bonds is 3. The van der Waals surface area contributed by atoms with E-state index < -0.39 is 0 Å². The lowest BCUT2D eigenvalue weighted by Crippen LogP contribution is -3.20. The molecule has 3 heterocycles. The summed E-state index contributed by atoms with van der Waals surface area (Å²) in [5, 5.41) is 2.36. The molecule has 3 fully saturated rings. The third-order valence-electron chi connectivity index (χ3n) is 4.47.